The summed E-state index contributed by atoms with van der Waals surface area (Å²) >= 11 is 1.83. The molecule has 17 heavy (non-hydrogen) atoms. The highest BCUT2D eigenvalue weighted by atomic mass is 32.2. The molecule has 0 aliphatic carbocycles. The van der Waals surface area contributed by atoms with E-state index in [-0.39, 0.29) is 0 Å². The van der Waals surface area contributed by atoms with Crippen molar-refractivity contribution in [1.29, 1.82) is 0 Å². The van der Waals surface area contributed by atoms with Gasteiger partial charge in [-0.15, -0.1) is 0 Å². The maximum atomic E-state index is 2.16. The van der Waals surface area contributed by atoms with E-state index in [2.05, 4.69) is 74.5 Å². The van der Waals surface area contributed by atoms with Crippen LogP contribution in [-0.2, 0) is 0 Å². The summed E-state index contributed by atoms with van der Waals surface area (Å²) in [6.45, 7) is 4.33. The van der Waals surface area contributed by atoms with Crippen LogP contribution < -0.4 is 0 Å². The Morgan fingerprint density at radius 2 is 1.29 bits per heavy atom. The number of hydrogen-bond acceptors (Lipinski definition) is 1. The molecule has 0 saturated carbocycles. The predicted octanol–water partition coefficient (Wildman–Crippen LogP) is 5.23. The maximum absolute atomic E-state index is 2.16. The number of thioether (sulfide) groups is 1. The number of allylic oxidation sites excluding steroid dienone is 1. The number of hydrogen-bond donors (Lipinski definition) is 0. The van der Waals surface area contributed by atoms with Gasteiger partial charge in [0.25, 0.3) is 0 Å². The minimum absolute atomic E-state index is 1.28. The van der Waals surface area contributed by atoms with Crippen molar-refractivity contribution >= 4 is 16.7 Å². The molecule has 0 aliphatic heterocycles. The summed E-state index contributed by atoms with van der Waals surface area (Å²) in [6, 6.07) is 21.1. The zero-order valence-corrected chi connectivity index (χ0v) is 11.0. The third kappa shape index (κ3) is 3.24. The highest BCUT2D eigenvalue weighted by Gasteiger charge is 2.05. The largest absolute Gasteiger partial charge is 0.0895 e. The lowest BCUT2D eigenvalue weighted by Gasteiger charge is -2.09. The van der Waals surface area contributed by atoms with Gasteiger partial charge in [0.1, 0.15) is 0 Å². The fourth-order valence-electron chi connectivity index (χ4n) is 1.65. The lowest BCUT2D eigenvalue weighted by molar-refractivity contribution is 1.40. The van der Waals surface area contributed by atoms with E-state index < -0.39 is 0 Å². The Bertz CT molecular complexity index is 494. The summed E-state index contributed by atoms with van der Waals surface area (Å²) in [7, 11) is 0. The quantitative estimate of drug-likeness (QED) is 0.662. The van der Waals surface area contributed by atoms with E-state index in [1.165, 1.54) is 20.9 Å². The van der Waals surface area contributed by atoms with E-state index in [4.69, 9.17) is 0 Å². The topological polar surface area (TPSA) is 0 Å². The second-order valence-electron chi connectivity index (χ2n) is 4.11. The Hall–Kier alpha value is -1.47. The molecular weight excluding hydrogens is 224 g/mol. The van der Waals surface area contributed by atoms with Crippen molar-refractivity contribution in [2.45, 2.75) is 18.7 Å². The molecule has 0 bridgehead atoms. The molecule has 0 aromatic heterocycles. The second-order valence-corrected chi connectivity index (χ2v) is 5.19. The zero-order chi connectivity index (χ0) is 12.1. The monoisotopic (exact) mass is 240 g/mol. The molecule has 0 atom stereocenters. The van der Waals surface area contributed by atoms with Crippen molar-refractivity contribution in [3.05, 3.63) is 71.8 Å². The lowest BCUT2D eigenvalue weighted by atomic mass is 10.1. The Kier molecular flexibility index (Phi) is 4.05. The molecule has 0 heterocycles. The van der Waals surface area contributed by atoms with E-state index in [1.807, 2.05) is 11.8 Å². The predicted molar refractivity (Wildman–Crippen MR) is 77.0 cm³/mol. The molecule has 0 unspecified atom stereocenters. The van der Waals surface area contributed by atoms with Crippen molar-refractivity contribution in [1.82, 2.24) is 0 Å². The van der Waals surface area contributed by atoms with Crippen LogP contribution in [0.25, 0.3) is 4.91 Å². The van der Waals surface area contributed by atoms with Crippen LogP contribution >= 0.6 is 11.8 Å². The van der Waals surface area contributed by atoms with Crippen molar-refractivity contribution in [2.24, 2.45) is 0 Å². The lowest BCUT2D eigenvalue weighted by Crippen LogP contribution is -1.83. The van der Waals surface area contributed by atoms with E-state index >= 15 is 0 Å². The third-order valence-electron chi connectivity index (χ3n) is 2.45. The van der Waals surface area contributed by atoms with E-state index in [0.29, 0.717) is 0 Å². The van der Waals surface area contributed by atoms with Gasteiger partial charge in [0.2, 0.25) is 0 Å². The molecular formula is C16H16S. The summed E-state index contributed by atoms with van der Waals surface area (Å²) in [5.74, 6) is 0. The van der Waals surface area contributed by atoms with Crippen LogP contribution in [0.4, 0.5) is 0 Å². The molecule has 0 radical (unpaired) electrons. The molecule has 1 heteroatoms. The SMILES string of the molecule is CC(C)=C(Sc1ccccc1)c1ccccc1. The first-order valence-corrected chi connectivity index (χ1v) is 6.55. The van der Waals surface area contributed by atoms with Crippen LogP contribution in [-0.4, -0.2) is 0 Å². The molecule has 2 aromatic carbocycles. The van der Waals surface area contributed by atoms with Gasteiger partial charge in [0, 0.05) is 9.80 Å². The summed E-state index contributed by atoms with van der Waals surface area (Å²) in [6.07, 6.45) is 0. The van der Waals surface area contributed by atoms with Crippen LogP contribution in [0.2, 0.25) is 0 Å². The molecule has 0 amide bonds. The number of rotatable bonds is 3. The first kappa shape index (κ1) is 12.0. The van der Waals surface area contributed by atoms with E-state index in [0.717, 1.165) is 0 Å². The van der Waals surface area contributed by atoms with Gasteiger partial charge in [0.05, 0.1) is 0 Å². The Morgan fingerprint density at radius 1 is 0.765 bits per heavy atom. The Labute approximate surface area is 107 Å². The third-order valence-corrected chi connectivity index (χ3v) is 3.81. The minimum atomic E-state index is 1.28. The maximum Gasteiger partial charge on any atom is 0.0181 e. The zero-order valence-electron chi connectivity index (χ0n) is 10.2. The van der Waals surface area contributed by atoms with Crippen molar-refractivity contribution < 1.29 is 0 Å². The summed E-state index contributed by atoms with van der Waals surface area (Å²) in [5, 5.41) is 0. The average molecular weight is 240 g/mol. The van der Waals surface area contributed by atoms with Crippen molar-refractivity contribution in [3.8, 4) is 0 Å². The van der Waals surface area contributed by atoms with Crippen LogP contribution in [0.1, 0.15) is 19.4 Å². The van der Waals surface area contributed by atoms with Gasteiger partial charge >= 0.3 is 0 Å². The van der Waals surface area contributed by atoms with Gasteiger partial charge in [-0.3, -0.25) is 0 Å². The molecule has 0 spiro atoms. The second kappa shape index (κ2) is 5.74. The van der Waals surface area contributed by atoms with Crippen LogP contribution in [0.5, 0.6) is 0 Å². The molecule has 0 N–H and O–H groups in total. The van der Waals surface area contributed by atoms with E-state index in [9.17, 15) is 0 Å². The molecule has 86 valence electrons. The van der Waals surface area contributed by atoms with Crippen LogP contribution in [0.15, 0.2) is 71.1 Å². The molecule has 0 saturated heterocycles. The molecule has 0 nitrogen and oxygen atoms in total. The summed E-state index contributed by atoms with van der Waals surface area (Å²) in [5.41, 5.74) is 2.64. The standard InChI is InChI=1S/C16H16S/c1-13(2)16(14-9-5-3-6-10-14)17-15-11-7-4-8-12-15/h3-12H,1-2H3. The Balaban J connectivity index is 2.31. The van der Waals surface area contributed by atoms with Gasteiger partial charge in [-0.1, -0.05) is 65.9 Å². The van der Waals surface area contributed by atoms with E-state index in [1.54, 1.807) is 0 Å². The molecule has 0 fully saturated rings. The van der Waals surface area contributed by atoms with Gasteiger partial charge in [-0.25, -0.2) is 0 Å². The first-order chi connectivity index (χ1) is 8.27. The highest BCUT2D eigenvalue weighted by molar-refractivity contribution is 8.08. The van der Waals surface area contributed by atoms with Gasteiger partial charge in [0.15, 0.2) is 0 Å². The van der Waals surface area contributed by atoms with Gasteiger partial charge < -0.3 is 0 Å². The smallest absolute Gasteiger partial charge is 0.0181 e. The molecule has 2 aromatic rings. The Morgan fingerprint density at radius 3 is 1.82 bits per heavy atom. The summed E-state index contributed by atoms with van der Waals surface area (Å²) < 4.78 is 0. The average Bonchev–Trinajstić information content (AvgIpc) is 2.38. The van der Waals surface area contributed by atoms with Crippen LogP contribution in [0.3, 0.4) is 0 Å². The highest BCUT2D eigenvalue weighted by Crippen LogP contribution is 2.36. The molecule has 2 rings (SSSR count). The first-order valence-electron chi connectivity index (χ1n) is 5.73. The van der Waals surface area contributed by atoms with Gasteiger partial charge in [-0.05, 0) is 31.5 Å². The molecule has 0 aliphatic rings. The van der Waals surface area contributed by atoms with Crippen molar-refractivity contribution in [2.75, 3.05) is 0 Å². The normalized spacial score (nSPS) is 10.0. The van der Waals surface area contributed by atoms with Crippen LogP contribution in [0, 0.1) is 0 Å². The summed E-state index contributed by atoms with van der Waals surface area (Å²) in [4.78, 5) is 2.63. The number of benzene rings is 2. The minimum Gasteiger partial charge on any atom is -0.0895 e. The fourth-order valence-corrected chi connectivity index (χ4v) is 2.63. The fraction of sp³-hybridized carbons (Fsp3) is 0.125. The van der Waals surface area contributed by atoms with Gasteiger partial charge in [-0.2, -0.15) is 0 Å². The van der Waals surface area contributed by atoms with Crippen molar-refractivity contribution in [3.63, 3.8) is 0 Å².